The van der Waals surface area contributed by atoms with E-state index < -0.39 is 5.41 Å². The number of nitrogens with zero attached hydrogens (tertiary/aromatic N) is 2. The molecule has 0 spiro atoms. The van der Waals surface area contributed by atoms with E-state index in [-0.39, 0.29) is 30.7 Å². The summed E-state index contributed by atoms with van der Waals surface area (Å²) in [5.41, 5.74) is 0.702. The number of methoxy groups -OCH3 is 1. The van der Waals surface area contributed by atoms with Gasteiger partial charge in [-0.25, -0.2) is 4.98 Å². The van der Waals surface area contributed by atoms with E-state index in [1.54, 1.807) is 7.11 Å². The molecule has 0 unspecified atom stereocenters. The van der Waals surface area contributed by atoms with E-state index in [0.717, 1.165) is 50.4 Å². The smallest absolute Gasteiger partial charge is 0.228 e. The summed E-state index contributed by atoms with van der Waals surface area (Å²) in [5, 5.41) is 6.45. The number of halogens is 2. The second-order valence-corrected chi connectivity index (χ2v) is 7.22. The van der Waals surface area contributed by atoms with Crippen molar-refractivity contribution in [1.29, 1.82) is 0 Å². The Balaban J connectivity index is 0.00000182. The van der Waals surface area contributed by atoms with Gasteiger partial charge in [-0.15, -0.1) is 24.8 Å². The minimum atomic E-state index is -0.400. The van der Waals surface area contributed by atoms with Gasteiger partial charge in [0, 0.05) is 32.9 Å². The van der Waals surface area contributed by atoms with Gasteiger partial charge in [-0.1, -0.05) is 0 Å². The first-order valence-electron chi connectivity index (χ1n) is 9.41. The number of piperidine rings is 2. The van der Waals surface area contributed by atoms with Crippen LogP contribution in [-0.4, -0.2) is 50.8 Å². The van der Waals surface area contributed by atoms with Crippen LogP contribution in [0, 0.1) is 5.41 Å². The maximum atomic E-state index is 12.8. The average Bonchev–Trinajstić information content (AvgIpc) is 2.68. The van der Waals surface area contributed by atoms with Crippen molar-refractivity contribution >= 4 is 36.5 Å². The van der Waals surface area contributed by atoms with Crippen LogP contribution < -0.4 is 15.5 Å². The summed E-state index contributed by atoms with van der Waals surface area (Å²) in [6.45, 7) is 4.91. The predicted octanol–water partition coefficient (Wildman–Crippen LogP) is 2.55. The van der Waals surface area contributed by atoms with Gasteiger partial charge >= 0.3 is 0 Å². The van der Waals surface area contributed by atoms with Crippen LogP contribution in [0.2, 0.25) is 0 Å². The molecular formula is C19H32Cl2N4O2. The molecule has 0 aliphatic carbocycles. The van der Waals surface area contributed by atoms with Crippen LogP contribution in [-0.2, 0) is 16.1 Å². The third-order valence-corrected chi connectivity index (χ3v) is 5.41. The lowest BCUT2D eigenvalue weighted by atomic mass is 9.78. The molecule has 8 heteroatoms. The molecule has 6 nitrogen and oxygen atoms in total. The lowest BCUT2D eigenvalue weighted by Crippen LogP contribution is -2.49. The lowest BCUT2D eigenvalue weighted by Gasteiger charge is -2.35. The molecule has 1 aromatic rings. The van der Waals surface area contributed by atoms with Gasteiger partial charge in [-0.2, -0.15) is 0 Å². The molecule has 2 N–H and O–H groups in total. The van der Waals surface area contributed by atoms with E-state index >= 15 is 0 Å². The Morgan fingerprint density at radius 1 is 1.26 bits per heavy atom. The first kappa shape index (κ1) is 24.0. The van der Waals surface area contributed by atoms with E-state index in [0.29, 0.717) is 13.2 Å². The molecule has 1 aromatic heterocycles. The van der Waals surface area contributed by atoms with Crippen LogP contribution in [0.4, 0.5) is 5.82 Å². The fourth-order valence-corrected chi connectivity index (χ4v) is 3.85. The third kappa shape index (κ3) is 6.21. The largest absolute Gasteiger partial charge is 0.384 e. The van der Waals surface area contributed by atoms with Gasteiger partial charge in [-0.3, -0.25) is 4.79 Å². The highest BCUT2D eigenvalue weighted by atomic mass is 35.5. The Labute approximate surface area is 174 Å². The SMILES string of the molecule is COCC1(C(=O)NCc2ccnc(N3CCCCC3)c2)CCNCC1.Cl.Cl. The first-order valence-corrected chi connectivity index (χ1v) is 9.41. The third-order valence-electron chi connectivity index (χ3n) is 5.41. The van der Waals surface area contributed by atoms with Crippen LogP contribution in [0.25, 0.3) is 0 Å². The van der Waals surface area contributed by atoms with Crippen LogP contribution >= 0.6 is 24.8 Å². The highest BCUT2D eigenvalue weighted by Gasteiger charge is 2.39. The van der Waals surface area contributed by atoms with Crippen LogP contribution in [0.1, 0.15) is 37.7 Å². The van der Waals surface area contributed by atoms with E-state index in [2.05, 4.69) is 26.6 Å². The Morgan fingerprint density at radius 3 is 2.63 bits per heavy atom. The summed E-state index contributed by atoms with van der Waals surface area (Å²) in [5.74, 6) is 1.13. The fraction of sp³-hybridized carbons (Fsp3) is 0.684. The van der Waals surface area contributed by atoms with E-state index in [4.69, 9.17) is 4.74 Å². The molecule has 2 saturated heterocycles. The zero-order valence-corrected chi connectivity index (χ0v) is 17.7. The second-order valence-electron chi connectivity index (χ2n) is 7.22. The van der Waals surface area contributed by atoms with Gasteiger partial charge < -0.3 is 20.3 Å². The summed E-state index contributed by atoms with van der Waals surface area (Å²) < 4.78 is 5.35. The van der Waals surface area contributed by atoms with Crippen molar-refractivity contribution in [2.45, 2.75) is 38.6 Å². The summed E-state index contributed by atoms with van der Waals surface area (Å²) >= 11 is 0. The van der Waals surface area contributed by atoms with E-state index in [1.807, 2.05) is 12.3 Å². The number of rotatable bonds is 6. The monoisotopic (exact) mass is 418 g/mol. The lowest BCUT2D eigenvalue weighted by molar-refractivity contribution is -0.136. The van der Waals surface area contributed by atoms with Crippen molar-refractivity contribution in [3.05, 3.63) is 23.9 Å². The number of amides is 1. The highest BCUT2D eigenvalue weighted by molar-refractivity contribution is 5.85. The van der Waals surface area contributed by atoms with Crippen molar-refractivity contribution < 1.29 is 9.53 Å². The van der Waals surface area contributed by atoms with Crippen LogP contribution in [0.5, 0.6) is 0 Å². The molecule has 2 aliphatic heterocycles. The fourth-order valence-electron chi connectivity index (χ4n) is 3.85. The van der Waals surface area contributed by atoms with Gasteiger partial charge in [0.25, 0.3) is 0 Å². The maximum absolute atomic E-state index is 12.8. The molecular weight excluding hydrogens is 387 g/mol. The van der Waals surface area contributed by atoms with E-state index in [1.165, 1.54) is 19.3 Å². The van der Waals surface area contributed by atoms with Crippen molar-refractivity contribution in [2.75, 3.05) is 44.8 Å². The minimum Gasteiger partial charge on any atom is -0.384 e. The van der Waals surface area contributed by atoms with Gasteiger partial charge in [-0.05, 0) is 62.9 Å². The van der Waals surface area contributed by atoms with Crippen molar-refractivity contribution in [3.63, 3.8) is 0 Å². The Morgan fingerprint density at radius 2 is 1.96 bits per heavy atom. The molecule has 0 saturated carbocycles. The second kappa shape index (κ2) is 11.7. The Hall–Kier alpha value is -1.08. The van der Waals surface area contributed by atoms with Crippen LogP contribution in [0.15, 0.2) is 18.3 Å². The molecule has 0 atom stereocenters. The average molecular weight is 419 g/mol. The molecule has 0 radical (unpaired) electrons. The Kier molecular flexibility index (Phi) is 10.4. The van der Waals surface area contributed by atoms with Crippen molar-refractivity contribution in [3.8, 4) is 0 Å². The van der Waals surface area contributed by atoms with Gasteiger partial charge in [0.1, 0.15) is 5.82 Å². The van der Waals surface area contributed by atoms with Gasteiger partial charge in [0.15, 0.2) is 0 Å². The number of hydrogen-bond acceptors (Lipinski definition) is 5. The number of carbonyl (C=O) groups is 1. The maximum Gasteiger partial charge on any atom is 0.228 e. The topological polar surface area (TPSA) is 66.5 Å². The number of nitrogens with one attached hydrogen (secondary N) is 2. The zero-order chi connectivity index (χ0) is 17.5. The predicted molar refractivity (Wildman–Crippen MR) is 113 cm³/mol. The van der Waals surface area contributed by atoms with Crippen molar-refractivity contribution in [1.82, 2.24) is 15.6 Å². The highest BCUT2D eigenvalue weighted by Crippen LogP contribution is 2.29. The molecule has 27 heavy (non-hydrogen) atoms. The molecule has 2 aliphatic rings. The number of carbonyl (C=O) groups excluding carboxylic acids is 1. The zero-order valence-electron chi connectivity index (χ0n) is 16.0. The Bertz CT molecular complexity index is 571. The standard InChI is InChI=1S/C19H30N4O2.2ClH/c1-25-15-19(6-9-20-10-7-19)18(24)22-14-16-5-8-21-17(13-16)23-11-3-2-4-12-23;;/h5,8,13,20H,2-4,6-7,9-12,14-15H2,1H3,(H,22,24);2*1H. The minimum absolute atomic E-state index is 0. The van der Waals surface area contributed by atoms with Gasteiger partial charge in [0.05, 0.1) is 12.0 Å². The summed E-state index contributed by atoms with van der Waals surface area (Å²) in [6, 6.07) is 4.09. The summed E-state index contributed by atoms with van der Waals surface area (Å²) in [4.78, 5) is 19.7. The summed E-state index contributed by atoms with van der Waals surface area (Å²) in [6.07, 6.45) is 7.26. The normalized spacial score (nSPS) is 18.8. The van der Waals surface area contributed by atoms with Gasteiger partial charge in [0.2, 0.25) is 5.91 Å². The molecule has 1 amide bonds. The molecule has 2 fully saturated rings. The molecule has 154 valence electrons. The first-order chi connectivity index (χ1) is 12.2. The number of ether oxygens (including phenoxy) is 1. The number of pyridine rings is 1. The van der Waals surface area contributed by atoms with Crippen molar-refractivity contribution in [2.24, 2.45) is 5.41 Å². The van der Waals surface area contributed by atoms with Crippen LogP contribution in [0.3, 0.4) is 0 Å². The molecule has 3 rings (SSSR count). The molecule has 0 aromatic carbocycles. The number of hydrogen-bond donors (Lipinski definition) is 2. The number of aromatic nitrogens is 1. The summed E-state index contributed by atoms with van der Waals surface area (Å²) in [7, 11) is 1.67. The molecule has 3 heterocycles. The quantitative estimate of drug-likeness (QED) is 0.742. The number of anilines is 1. The molecule has 0 bridgehead atoms. The van der Waals surface area contributed by atoms with E-state index in [9.17, 15) is 4.79 Å².